The molecule has 1 N–H and O–H groups in total. The molecule has 1 saturated heterocycles. The van der Waals surface area contributed by atoms with Gasteiger partial charge in [-0.25, -0.2) is 0 Å². The predicted octanol–water partition coefficient (Wildman–Crippen LogP) is 4.58. The Morgan fingerprint density at radius 1 is 1.29 bits per heavy atom. The number of ether oxygens (including phenoxy) is 1. The molecular weight excluding hydrogens is 303 g/mol. The van der Waals surface area contributed by atoms with Crippen LogP contribution >= 0.6 is 11.6 Å². The highest BCUT2D eigenvalue weighted by Crippen LogP contribution is 2.53. The Bertz CT molecular complexity index is 558. The average Bonchev–Trinajstić information content (AvgIpc) is 2.81. The second-order valence-corrected chi connectivity index (χ2v) is 6.85. The Morgan fingerprint density at radius 2 is 2.00 bits per heavy atom. The van der Waals surface area contributed by atoms with Gasteiger partial charge in [-0.2, -0.15) is 13.2 Å². The van der Waals surface area contributed by atoms with Crippen LogP contribution in [0, 0.1) is 11.3 Å². The van der Waals surface area contributed by atoms with Crippen LogP contribution in [0.2, 0.25) is 5.02 Å². The van der Waals surface area contributed by atoms with Crippen LogP contribution in [0.15, 0.2) is 18.2 Å². The van der Waals surface area contributed by atoms with Gasteiger partial charge in [-0.15, -0.1) is 0 Å². The predicted molar refractivity (Wildman–Crippen MR) is 75.5 cm³/mol. The molecule has 21 heavy (non-hydrogen) atoms. The van der Waals surface area contributed by atoms with Gasteiger partial charge in [0.1, 0.15) is 0 Å². The van der Waals surface area contributed by atoms with Gasteiger partial charge in [-0.3, -0.25) is 0 Å². The van der Waals surface area contributed by atoms with Gasteiger partial charge in [0.2, 0.25) is 0 Å². The highest BCUT2D eigenvalue weighted by atomic mass is 35.5. The number of benzene rings is 1. The van der Waals surface area contributed by atoms with Gasteiger partial charge in [0.15, 0.2) is 0 Å². The zero-order valence-corrected chi connectivity index (χ0v) is 12.6. The van der Waals surface area contributed by atoms with E-state index < -0.39 is 11.7 Å². The number of alkyl halides is 3. The average molecular weight is 320 g/mol. The molecule has 0 aromatic heterocycles. The summed E-state index contributed by atoms with van der Waals surface area (Å²) in [6, 6.07) is 3.70. The minimum atomic E-state index is -4.39. The van der Waals surface area contributed by atoms with Gasteiger partial charge < -0.3 is 10.1 Å². The highest BCUT2D eigenvalue weighted by molar-refractivity contribution is 6.30. The Hall–Kier alpha value is -0.940. The van der Waals surface area contributed by atoms with Crippen LogP contribution in [0.4, 0.5) is 18.9 Å². The third kappa shape index (κ3) is 2.50. The second kappa shape index (κ2) is 4.78. The van der Waals surface area contributed by atoms with Crippen molar-refractivity contribution >= 4 is 17.3 Å². The lowest BCUT2D eigenvalue weighted by molar-refractivity contribution is -0.137. The van der Waals surface area contributed by atoms with Crippen molar-refractivity contribution in [3.8, 4) is 0 Å². The summed E-state index contributed by atoms with van der Waals surface area (Å²) in [7, 11) is 0. The van der Waals surface area contributed by atoms with Crippen LogP contribution < -0.4 is 5.32 Å². The normalized spacial score (nSPS) is 30.7. The lowest BCUT2D eigenvalue weighted by atomic mass is 9.57. The number of hydrogen-bond acceptors (Lipinski definition) is 2. The molecular formula is C15H17ClF3NO. The van der Waals surface area contributed by atoms with Crippen LogP contribution in [0.3, 0.4) is 0 Å². The zero-order valence-electron chi connectivity index (χ0n) is 11.8. The first kappa shape index (κ1) is 15.0. The molecule has 2 nitrogen and oxygen atoms in total. The fourth-order valence-corrected chi connectivity index (χ4v) is 3.87. The standard InChI is InChI=1S/C15H17ClF3NO/c1-14(2)12(11-3-4-21-13(11)14)20-10-6-8(15(17,18)19)5-9(16)7-10/h5-7,11-13,20H,3-4H2,1-2H3. The van der Waals surface area contributed by atoms with Gasteiger partial charge in [0.25, 0.3) is 0 Å². The number of hydrogen-bond donors (Lipinski definition) is 1. The molecule has 3 atom stereocenters. The van der Waals surface area contributed by atoms with Gasteiger partial charge in [0.05, 0.1) is 11.7 Å². The lowest BCUT2D eigenvalue weighted by Crippen LogP contribution is -2.63. The first-order valence-corrected chi connectivity index (χ1v) is 7.33. The van der Waals surface area contributed by atoms with E-state index in [-0.39, 0.29) is 22.6 Å². The molecule has 1 aromatic rings. The second-order valence-electron chi connectivity index (χ2n) is 6.41. The maximum atomic E-state index is 12.8. The van der Waals surface area contributed by atoms with Crippen LogP contribution in [0.1, 0.15) is 25.8 Å². The molecule has 0 radical (unpaired) electrons. The summed E-state index contributed by atoms with van der Waals surface area (Å²) in [4.78, 5) is 0. The van der Waals surface area contributed by atoms with Crippen molar-refractivity contribution in [3.05, 3.63) is 28.8 Å². The van der Waals surface area contributed by atoms with E-state index in [0.29, 0.717) is 11.6 Å². The highest BCUT2D eigenvalue weighted by Gasteiger charge is 2.59. The van der Waals surface area contributed by atoms with Crippen LogP contribution in [-0.4, -0.2) is 18.8 Å². The summed E-state index contributed by atoms with van der Waals surface area (Å²) >= 11 is 5.82. The Kier molecular flexibility index (Phi) is 3.41. The van der Waals surface area contributed by atoms with Crippen LogP contribution in [0.25, 0.3) is 0 Å². The molecule has 0 spiro atoms. The van der Waals surface area contributed by atoms with Crippen LogP contribution in [0.5, 0.6) is 0 Å². The van der Waals surface area contributed by atoms with E-state index in [0.717, 1.165) is 25.2 Å². The van der Waals surface area contributed by atoms with E-state index in [2.05, 4.69) is 19.2 Å². The van der Waals surface area contributed by atoms with Gasteiger partial charge in [-0.1, -0.05) is 25.4 Å². The summed E-state index contributed by atoms with van der Waals surface area (Å²) in [5.74, 6) is 0.355. The summed E-state index contributed by atoms with van der Waals surface area (Å²) < 4.78 is 44.2. The van der Waals surface area contributed by atoms with Crippen molar-refractivity contribution in [2.24, 2.45) is 11.3 Å². The molecule has 1 heterocycles. The van der Waals surface area contributed by atoms with E-state index in [9.17, 15) is 13.2 Å². The van der Waals surface area contributed by atoms with E-state index in [1.165, 1.54) is 6.07 Å². The summed E-state index contributed by atoms with van der Waals surface area (Å²) in [5, 5.41) is 3.32. The summed E-state index contributed by atoms with van der Waals surface area (Å²) in [6.07, 6.45) is -3.26. The molecule has 1 aliphatic heterocycles. The maximum absolute atomic E-state index is 12.8. The smallest absolute Gasteiger partial charge is 0.381 e. The topological polar surface area (TPSA) is 21.3 Å². The maximum Gasteiger partial charge on any atom is 0.416 e. The lowest BCUT2D eigenvalue weighted by Gasteiger charge is -2.55. The third-order valence-corrected chi connectivity index (χ3v) is 4.87. The molecule has 3 rings (SSSR count). The first-order chi connectivity index (χ1) is 9.69. The molecule has 2 fully saturated rings. The van der Waals surface area contributed by atoms with Gasteiger partial charge in [0, 0.05) is 34.7 Å². The number of nitrogens with one attached hydrogen (secondary N) is 1. The Morgan fingerprint density at radius 3 is 2.67 bits per heavy atom. The molecule has 1 aromatic carbocycles. The van der Waals surface area contributed by atoms with Crippen LogP contribution in [-0.2, 0) is 10.9 Å². The van der Waals surface area contributed by atoms with Crippen molar-refractivity contribution in [2.45, 2.75) is 38.6 Å². The monoisotopic (exact) mass is 319 g/mol. The minimum absolute atomic E-state index is 0.0867. The van der Waals surface area contributed by atoms with Crippen molar-refractivity contribution in [1.82, 2.24) is 0 Å². The number of fused-ring (bicyclic) bond motifs is 1. The fraction of sp³-hybridized carbons (Fsp3) is 0.600. The molecule has 1 saturated carbocycles. The number of anilines is 1. The third-order valence-electron chi connectivity index (χ3n) is 4.65. The molecule has 3 unspecified atom stereocenters. The number of halogens is 4. The van der Waals surface area contributed by atoms with Crippen molar-refractivity contribution in [1.29, 1.82) is 0 Å². The van der Waals surface area contributed by atoms with Crippen molar-refractivity contribution < 1.29 is 17.9 Å². The first-order valence-electron chi connectivity index (χ1n) is 6.95. The molecule has 6 heteroatoms. The fourth-order valence-electron chi connectivity index (χ4n) is 3.63. The quantitative estimate of drug-likeness (QED) is 0.861. The largest absolute Gasteiger partial charge is 0.416 e. The summed E-state index contributed by atoms with van der Waals surface area (Å²) in [5.41, 5.74) is -0.408. The molecule has 0 amide bonds. The Balaban J connectivity index is 1.84. The van der Waals surface area contributed by atoms with E-state index >= 15 is 0 Å². The number of rotatable bonds is 2. The van der Waals surface area contributed by atoms with Gasteiger partial charge in [-0.05, 0) is 24.6 Å². The SMILES string of the molecule is CC1(C)C(Nc2cc(Cl)cc(C(F)(F)F)c2)C2CCOC21. The van der Waals surface area contributed by atoms with E-state index in [1.54, 1.807) is 0 Å². The van der Waals surface area contributed by atoms with E-state index in [1.807, 2.05) is 0 Å². The summed E-state index contributed by atoms with van der Waals surface area (Å²) in [6.45, 7) is 4.87. The van der Waals surface area contributed by atoms with Gasteiger partial charge >= 0.3 is 6.18 Å². The molecule has 0 bridgehead atoms. The molecule has 1 aliphatic carbocycles. The van der Waals surface area contributed by atoms with E-state index in [4.69, 9.17) is 16.3 Å². The molecule has 2 aliphatic rings. The molecule has 116 valence electrons. The zero-order chi connectivity index (χ0) is 15.4. The van der Waals surface area contributed by atoms with Crippen molar-refractivity contribution in [2.75, 3.05) is 11.9 Å². The van der Waals surface area contributed by atoms with Crippen molar-refractivity contribution in [3.63, 3.8) is 0 Å². The minimum Gasteiger partial charge on any atom is -0.381 e. The Labute approximate surface area is 126 Å².